The van der Waals surface area contributed by atoms with Gasteiger partial charge in [0.05, 0.1) is 18.8 Å². The Hall–Kier alpha value is -1.62. The average molecular weight is 264 g/mol. The molecule has 1 aliphatic carbocycles. The van der Waals surface area contributed by atoms with Crippen LogP contribution < -0.4 is 5.32 Å². The fraction of sp³-hybridized carbons (Fsp3) is 0.571. The lowest BCUT2D eigenvalue weighted by atomic mass is 9.98. The van der Waals surface area contributed by atoms with Crippen LogP contribution in [0.1, 0.15) is 43.0 Å². The number of hydrogen-bond donors (Lipinski definition) is 2. The SMILES string of the molecule is CCOC(=O)c1cccnc1NC1(CO)CCCC1. The van der Waals surface area contributed by atoms with Crippen LogP contribution >= 0.6 is 0 Å². The Bertz CT molecular complexity index is 442. The van der Waals surface area contributed by atoms with Gasteiger partial charge in [0.25, 0.3) is 0 Å². The van der Waals surface area contributed by atoms with Crippen molar-refractivity contribution < 1.29 is 14.6 Å². The lowest BCUT2D eigenvalue weighted by molar-refractivity contribution is 0.0526. The normalized spacial score (nSPS) is 17.2. The van der Waals surface area contributed by atoms with Gasteiger partial charge in [0.2, 0.25) is 0 Å². The van der Waals surface area contributed by atoms with Crippen molar-refractivity contribution in [2.24, 2.45) is 0 Å². The van der Waals surface area contributed by atoms with Gasteiger partial charge >= 0.3 is 5.97 Å². The summed E-state index contributed by atoms with van der Waals surface area (Å²) in [6.45, 7) is 2.15. The molecule has 19 heavy (non-hydrogen) atoms. The third-order valence-electron chi connectivity index (χ3n) is 3.55. The second-order valence-corrected chi connectivity index (χ2v) is 4.89. The monoisotopic (exact) mass is 264 g/mol. The molecule has 0 aromatic carbocycles. The van der Waals surface area contributed by atoms with Gasteiger partial charge in [-0.05, 0) is 31.9 Å². The predicted molar refractivity (Wildman–Crippen MR) is 72.1 cm³/mol. The van der Waals surface area contributed by atoms with E-state index in [9.17, 15) is 9.90 Å². The van der Waals surface area contributed by atoms with Crippen LogP contribution in [0.3, 0.4) is 0 Å². The molecular weight excluding hydrogens is 244 g/mol. The largest absolute Gasteiger partial charge is 0.462 e. The summed E-state index contributed by atoms with van der Waals surface area (Å²) in [6.07, 6.45) is 5.57. The van der Waals surface area contributed by atoms with Gasteiger partial charge in [-0.25, -0.2) is 9.78 Å². The Morgan fingerprint density at radius 1 is 1.53 bits per heavy atom. The molecular formula is C14H20N2O3. The minimum atomic E-state index is -0.385. The molecule has 1 fully saturated rings. The minimum Gasteiger partial charge on any atom is -0.462 e. The number of aromatic nitrogens is 1. The standard InChI is InChI=1S/C14H20N2O3/c1-2-19-13(18)11-6-5-9-15-12(11)16-14(10-17)7-3-4-8-14/h5-6,9,17H,2-4,7-8,10H2,1H3,(H,15,16). The molecule has 5 nitrogen and oxygen atoms in total. The lowest BCUT2D eigenvalue weighted by Gasteiger charge is -2.29. The van der Waals surface area contributed by atoms with Gasteiger partial charge in [-0.3, -0.25) is 0 Å². The molecule has 0 aliphatic heterocycles. The molecule has 0 atom stereocenters. The van der Waals surface area contributed by atoms with Gasteiger partial charge in [0.15, 0.2) is 0 Å². The number of nitrogens with zero attached hydrogens (tertiary/aromatic N) is 1. The van der Waals surface area contributed by atoms with Crippen molar-refractivity contribution in [3.63, 3.8) is 0 Å². The Morgan fingerprint density at radius 3 is 2.89 bits per heavy atom. The molecule has 0 radical (unpaired) electrons. The van der Waals surface area contributed by atoms with Gasteiger partial charge in [0, 0.05) is 6.20 Å². The van der Waals surface area contributed by atoms with Crippen LogP contribution in [0, 0.1) is 0 Å². The van der Waals surface area contributed by atoms with E-state index in [2.05, 4.69) is 10.3 Å². The lowest BCUT2D eigenvalue weighted by Crippen LogP contribution is -2.39. The van der Waals surface area contributed by atoms with Crippen LogP contribution in [0.25, 0.3) is 0 Å². The minimum absolute atomic E-state index is 0.0475. The van der Waals surface area contributed by atoms with E-state index < -0.39 is 0 Å². The highest BCUT2D eigenvalue weighted by Crippen LogP contribution is 2.33. The van der Waals surface area contributed by atoms with E-state index >= 15 is 0 Å². The second kappa shape index (κ2) is 6.02. The van der Waals surface area contributed by atoms with E-state index in [-0.39, 0.29) is 18.1 Å². The maximum atomic E-state index is 11.9. The summed E-state index contributed by atoms with van der Waals surface area (Å²) in [6, 6.07) is 3.39. The van der Waals surface area contributed by atoms with E-state index in [0.29, 0.717) is 18.0 Å². The zero-order valence-electron chi connectivity index (χ0n) is 11.2. The summed E-state index contributed by atoms with van der Waals surface area (Å²) in [7, 11) is 0. The number of esters is 1. The molecule has 1 aromatic rings. The van der Waals surface area contributed by atoms with E-state index in [0.717, 1.165) is 25.7 Å². The summed E-state index contributed by atoms with van der Waals surface area (Å²) < 4.78 is 5.02. The van der Waals surface area contributed by atoms with E-state index in [4.69, 9.17) is 4.74 Å². The molecule has 2 rings (SSSR count). The summed E-state index contributed by atoms with van der Waals surface area (Å²) in [5.41, 5.74) is 0.0689. The molecule has 1 aliphatic rings. The number of nitrogens with one attached hydrogen (secondary N) is 1. The van der Waals surface area contributed by atoms with Gasteiger partial charge in [-0.1, -0.05) is 12.8 Å². The molecule has 5 heteroatoms. The predicted octanol–water partition coefficient (Wildman–Crippen LogP) is 1.98. The summed E-state index contributed by atoms with van der Waals surface area (Å²) in [5.74, 6) is 0.112. The van der Waals surface area contributed by atoms with Crippen LogP contribution in [-0.4, -0.2) is 34.8 Å². The molecule has 2 N–H and O–H groups in total. The fourth-order valence-electron chi connectivity index (χ4n) is 2.50. The first-order valence-corrected chi connectivity index (χ1v) is 6.72. The number of hydrogen-bond acceptors (Lipinski definition) is 5. The van der Waals surface area contributed by atoms with Crippen LogP contribution in [0.2, 0.25) is 0 Å². The molecule has 1 aromatic heterocycles. The first kappa shape index (κ1) is 13.8. The highest BCUT2D eigenvalue weighted by Gasteiger charge is 2.34. The number of aliphatic hydroxyl groups excluding tert-OH is 1. The molecule has 0 spiro atoms. The second-order valence-electron chi connectivity index (χ2n) is 4.89. The maximum absolute atomic E-state index is 11.9. The van der Waals surface area contributed by atoms with Gasteiger partial charge in [-0.15, -0.1) is 0 Å². The number of aliphatic hydroxyl groups is 1. The number of pyridine rings is 1. The van der Waals surface area contributed by atoms with Gasteiger partial charge in [0.1, 0.15) is 11.4 Å². The van der Waals surface area contributed by atoms with Crippen LogP contribution in [0.5, 0.6) is 0 Å². The quantitative estimate of drug-likeness (QED) is 0.796. The van der Waals surface area contributed by atoms with Crippen molar-refractivity contribution >= 4 is 11.8 Å². The number of anilines is 1. The summed E-state index contributed by atoms with van der Waals surface area (Å²) in [4.78, 5) is 16.1. The zero-order chi connectivity index (χ0) is 13.7. The Morgan fingerprint density at radius 2 is 2.26 bits per heavy atom. The van der Waals surface area contributed by atoms with Crippen molar-refractivity contribution in [3.05, 3.63) is 23.9 Å². The fourth-order valence-corrected chi connectivity index (χ4v) is 2.50. The summed E-state index contributed by atoms with van der Waals surface area (Å²) in [5, 5.41) is 12.9. The Balaban J connectivity index is 2.22. The zero-order valence-corrected chi connectivity index (χ0v) is 11.2. The van der Waals surface area contributed by atoms with Gasteiger partial charge < -0.3 is 15.2 Å². The van der Waals surface area contributed by atoms with Crippen molar-refractivity contribution in [2.45, 2.75) is 38.1 Å². The molecule has 0 bridgehead atoms. The molecule has 0 amide bonds. The third-order valence-corrected chi connectivity index (χ3v) is 3.55. The third kappa shape index (κ3) is 3.04. The number of carbonyl (C=O) groups excluding carboxylic acids is 1. The smallest absolute Gasteiger partial charge is 0.341 e. The average Bonchev–Trinajstić information content (AvgIpc) is 2.89. The molecule has 104 valence electrons. The van der Waals surface area contributed by atoms with Crippen LogP contribution in [-0.2, 0) is 4.74 Å². The van der Waals surface area contributed by atoms with Crippen LogP contribution in [0.15, 0.2) is 18.3 Å². The topological polar surface area (TPSA) is 71.5 Å². The van der Waals surface area contributed by atoms with Crippen molar-refractivity contribution in [1.82, 2.24) is 4.98 Å². The number of rotatable bonds is 5. The Kier molecular flexibility index (Phi) is 4.37. The van der Waals surface area contributed by atoms with Gasteiger partial charge in [-0.2, -0.15) is 0 Å². The summed E-state index contributed by atoms with van der Waals surface area (Å²) >= 11 is 0. The first-order chi connectivity index (χ1) is 9.21. The maximum Gasteiger partial charge on any atom is 0.341 e. The molecule has 0 saturated heterocycles. The first-order valence-electron chi connectivity index (χ1n) is 6.72. The van der Waals surface area contributed by atoms with E-state index in [1.54, 1.807) is 25.3 Å². The van der Waals surface area contributed by atoms with E-state index in [1.165, 1.54) is 0 Å². The van der Waals surface area contributed by atoms with Crippen molar-refractivity contribution in [1.29, 1.82) is 0 Å². The van der Waals surface area contributed by atoms with Crippen LogP contribution in [0.4, 0.5) is 5.82 Å². The van der Waals surface area contributed by atoms with Crippen molar-refractivity contribution in [3.8, 4) is 0 Å². The highest BCUT2D eigenvalue weighted by atomic mass is 16.5. The van der Waals surface area contributed by atoms with Crippen molar-refractivity contribution in [2.75, 3.05) is 18.5 Å². The molecule has 1 saturated carbocycles. The molecule has 1 heterocycles. The van der Waals surface area contributed by atoms with E-state index in [1.807, 2.05) is 0 Å². The number of carbonyl (C=O) groups is 1. The Labute approximate surface area is 113 Å². The number of ether oxygens (including phenoxy) is 1. The highest BCUT2D eigenvalue weighted by molar-refractivity contribution is 5.94. The molecule has 0 unspecified atom stereocenters.